The molecule has 0 amide bonds. The van der Waals surface area contributed by atoms with Crippen LogP contribution in [0.2, 0.25) is 5.15 Å². The van der Waals surface area contributed by atoms with Crippen molar-refractivity contribution in [2.75, 3.05) is 0 Å². The number of pyridine rings is 1. The van der Waals surface area contributed by atoms with Gasteiger partial charge >= 0.3 is 12.6 Å². The van der Waals surface area contributed by atoms with Gasteiger partial charge in [-0.2, -0.15) is 8.78 Å². The summed E-state index contributed by atoms with van der Waals surface area (Å²) in [5, 5.41) is -0.0574. The molecule has 1 rings (SSSR count). The van der Waals surface area contributed by atoms with Gasteiger partial charge in [-0.3, -0.25) is 0 Å². The maximum atomic E-state index is 12.2. The molecular formula is C11H12ClF2NO3. The first-order valence-electron chi connectivity index (χ1n) is 5.04. The van der Waals surface area contributed by atoms with Crippen LogP contribution in [0.1, 0.15) is 31.1 Å². The van der Waals surface area contributed by atoms with Crippen molar-refractivity contribution in [1.82, 2.24) is 4.98 Å². The molecule has 0 saturated carbocycles. The van der Waals surface area contributed by atoms with E-state index in [0.29, 0.717) is 0 Å². The Labute approximate surface area is 108 Å². The van der Waals surface area contributed by atoms with E-state index in [2.05, 4.69) is 9.72 Å². The molecule has 100 valence electrons. The number of nitrogens with zero attached hydrogens (tertiary/aromatic N) is 1. The van der Waals surface area contributed by atoms with Gasteiger partial charge < -0.3 is 9.47 Å². The van der Waals surface area contributed by atoms with Crippen LogP contribution in [0.5, 0.6) is 5.88 Å². The van der Waals surface area contributed by atoms with E-state index in [-0.39, 0.29) is 10.7 Å². The van der Waals surface area contributed by atoms with Gasteiger partial charge in [0, 0.05) is 0 Å². The van der Waals surface area contributed by atoms with Crippen molar-refractivity contribution in [1.29, 1.82) is 0 Å². The Morgan fingerprint density at radius 3 is 2.50 bits per heavy atom. The zero-order valence-corrected chi connectivity index (χ0v) is 10.8. The molecule has 1 heterocycles. The number of carbonyl (C=O) groups is 1. The minimum atomic E-state index is -3.10. The Morgan fingerprint density at radius 2 is 2.00 bits per heavy atom. The molecule has 0 aromatic carbocycles. The molecule has 0 unspecified atom stereocenters. The standard InChI is InChI=1S/C11H12ClF2NO3/c1-11(2,3)18-9(16)6-4-5-7(12)15-8(6)17-10(13)14/h4-5,10H,1-3H3. The van der Waals surface area contributed by atoms with Gasteiger partial charge in [-0.25, -0.2) is 9.78 Å². The molecular weight excluding hydrogens is 268 g/mol. The normalized spacial score (nSPS) is 11.5. The summed E-state index contributed by atoms with van der Waals surface area (Å²) < 4.78 is 33.5. The summed E-state index contributed by atoms with van der Waals surface area (Å²) in [7, 11) is 0. The highest BCUT2D eigenvalue weighted by Gasteiger charge is 2.23. The predicted molar refractivity (Wildman–Crippen MR) is 61.0 cm³/mol. The third kappa shape index (κ3) is 4.44. The summed E-state index contributed by atoms with van der Waals surface area (Å²) in [4.78, 5) is 15.3. The lowest BCUT2D eigenvalue weighted by Crippen LogP contribution is -2.24. The molecule has 18 heavy (non-hydrogen) atoms. The molecule has 1 aromatic rings. The number of esters is 1. The maximum Gasteiger partial charge on any atom is 0.388 e. The van der Waals surface area contributed by atoms with Gasteiger partial charge in [0.05, 0.1) is 0 Å². The quantitative estimate of drug-likeness (QED) is 0.629. The van der Waals surface area contributed by atoms with Gasteiger partial charge in [-0.1, -0.05) is 11.6 Å². The molecule has 0 N–H and O–H groups in total. The summed E-state index contributed by atoms with van der Waals surface area (Å²) in [6.07, 6.45) is 0. The van der Waals surface area contributed by atoms with E-state index in [4.69, 9.17) is 16.3 Å². The van der Waals surface area contributed by atoms with Gasteiger partial charge in [-0.05, 0) is 32.9 Å². The average Bonchev–Trinajstić information content (AvgIpc) is 2.13. The molecule has 0 aliphatic rings. The maximum absolute atomic E-state index is 12.2. The number of ether oxygens (including phenoxy) is 2. The lowest BCUT2D eigenvalue weighted by Gasteiger charge is -2.20. The van der Waals surface area contributed by atoms with Gasteiger partial charge in [0.2, 0.25) is 5.88 Å². The Bertz CT molecular complexity index is 446. The van der Waals surface area contributed by atoms with Crippen molar-refractivity contribution in [3.63, 3.8) is 0 Å². The molecule has 7 heteroatoms. The SMILES string of the molecule is CC(C)(C)OC(=O)c1ccc(Cl)nc1OC(F)F. The van der Waals surface area contributed by atoms with Crippen LogP contribution in [0.3, 0.4) is 0 Å². The van der Waals surface area contributed by atoms with Crippen molar-refractivity contribution in [2.45, 2.75) is 33.0 Å². The first-order valence-corrected chi connectivity index (χ1v) is 5.41. The van der Waals surface area contributed by atoms with Gasteiger partial charge in [0.25, 0.3) is 0 Å². The fraction of sp³-hybridized carbons (Fsp3) is 0.455. The minimum Gasteiger partial charge on any atom is -0.456 e. The molecule has 4 nitrogen and oxygen atoms in total. The number of carbonyl (C=O) groups excluding carboxylic acids is 1. The predicted octanol–water partition coefficient (Wildman–Crippen LogP) is 3.29. The first-order chi connectivity index (χ1) is 8.19. The second kappa shape index (κ2) is 5.48. The molecule has 0 aliphatic carbocycles. The van der Waals surface area contributed by atoms with Crippen LogP contribution in [0.25, 0.3) is 0 Å². The molecule has 0 atom stereocenters. The summed E-state index contributed by atoms with van der Waals surface area (Å²) in [6.45, 7) is 1.86. The highest BCUT2D eigenvalue weighted by atomic mass is 35.5. The molecule has 0 radical (unpaired) electrons. The summed E-state index contributed by atoms with van der Waals surface area (Å²) >= 11 is 5.55. The lowest BCUT2D eigenvalue weighted by atomic mass is 10.2. The topological polar surface area (TPSA) is 48.4 Å². The Balaban J connectivity index is 3.03. The van der Waals surface area contributed by atoms with E-state index in [0.717, 1.165) is 0 Å². The molecule has 0 saturated heterocycles. The average molecular weight is 280 g/mol. The van der Waals surface area contributed by atoms with Crippen LogP contribution in [-0.2, 0) is 4.74 Å². The van der Waals surface area contributed by atoms with Crippen LogP contribution in [0.4, 0.5) is 8.78 Å². The number of aromatic nitrogens is 1. The second-order valence-corrected chi connectivity index (χ2v) is 4.75. The zero-order chi connectivity index (χ0) is 13.9. The highest BCUT2D eigenvalue weighted by Crippen LogP contribution is 2.23. The number of halogens is 3. The van der Waals surface area contributed by atoms with E-state index in [9.17, 15) is 13.6 Å². The fourth-order valence-corrected chi connectivity index (χ4v) is 1.22. The molecule has 0 fully saturated rings. The van der Waals surface area contributed by atoms with Crippen LogP contribution in [-0.4, -0.2) is 23.2 Å². The summed E-state index contributed by atoms with van der Waals surface area (Å²) in [5.41, 5.74) is -0.951. The largest absolute Gasteiger partial charge is 0.456 e. The smallest absolute Gasteiger partial charge is 0.388 e. The van der Waals surface area contributed by atoms with Gasteiger partial charge in [-0.15, -0.1) is 0 Å². The van der Waals surface area contributed by atoms with Crippen LogP contribution in [0.15, 0.2) is 12.1 Å². The number of hydrogen-bond acceptors (Lipinski definition) is 4. The van der Waals surface area contributed by atoms with Crippen molar-refractivity contribution < 1.29 is 23.0 Å². The fourth-order valence-electron chi connectivity index (χ4n) is 1.08. The molecule has 0 spiro atoms. The summed E-state index contributed by atoms with van der Waals surface area (Å²) in [6, 6.07) is 2.51. The van der Waals surface area contributed by atoms with Gasteiger partial charge in [0.1, 0.15) is 16.3 Å². The van der Waals surface area contributed by atoms with Crippen molar-refractivity contribution >= 4 is 17.6 Å². The van der Waals surface area contributed by atoms with E-state index in [1.54, 1.807) is 20.8 Å². The van der Waals surface area contributed by atoms with Crippen molar-refractivity contribution in [3.8, 4) is 5.88 Å². The zero-order valence-electron chi connectivity index (χ0n) is 10.0. The van der Waals surface area contributed by atoms with E-state index in [1.165, 1.54) is 12.1 Å². The van der Waals surface area contributed by atoms with Crippen molar-refractivity contribution in [3.05, 3.63) is 22.8 Å². The first kappa shape index (κ1) is 14.6. The third-order valence-corrected chi connectivity index (χ3v) is 1.86. The Kier molecular flexibility index (Phi) is 4.45. The Morgan fingerprint density at radius 1 is 1.39 bits per heavy atom. The number of hydrogen-bond donors (Lipinski definition) is 0. The third-order valence-electron chi connectivity index (χ3n) is 1.65. The highest BCUT2D eigenvalue weighted by molar-refractivity contribution is 6.29. The second-order valence-electron chi connectivity index (χ2n) is 4.37. The molecule has 0 bridgehead atoms. The van der Waals surface area contributed by atoms with E-state index < -0.39 is 24.1 Å². The number of alkyl halides is 2. The minimum absolute atomic E-state index is 0.0574. The lowest BCUT2D eigenvalue weighted by molar-refractivity contribution is -0.0538. The Hall–Kier alpha value is -1.43. The van der Waals surface area contributed by atoms with E-state index in [1.807, 2.05) is 0 Å². The van der Waals surface area contributed by atoms with Gasteiger partial charge in [0.15, 0.2) is 0 Å². The number of rotatable bonds is 3. The monoisotopic (exact) mass is 279 g/mol. The van der Waals surface area contributed by atoms with Crippen LogP contribution < -0.4 is 4.74 Å². The van der Waals surface area contributed by atoms with E-state index >= 15 is 0 Å². The summed E-state index contributed by atoms with van der Waals surface area (Å²) in [5.74, 6) is -1.35. The van der Waals surface area contributed by atoms with Crippen molar-refractivity contribution in [2.24, 2.45) is 0 Å². The van der Waals surface area contributed by atoms with Crippen LogP contribution >= 0.6 is 11.6 Å². The molecule has 0 aliphatic heterocycles. The van der Waals surface area contributed by atoms with Crippen LogP contribution in [0, 0.1) is 0 Å². The molecule has 1 aromatic heterocycles.